The molecule has 0 fully saturated rings. The molecule has 2 atom stereocenters. The van der Waals surface area contributed by atoms with Gasteiger partial charge in [-0.2, -0.15) is 0 Å². The number of hydrogen-bond donors (Lipinski definition) is 0. The Morgan fingerprint density at radius 3 is 2.73 bits per heavy atom. The lowest BCUT2D eigenvalue weighted by Gasteiger charge is -2.17. The number of ether oxygens (including phenoxy) is 2. The van der Waals surface area contributed by atoms with Crippen LogP contribution in [0.25, 0.3) is 0 Å². The number of nitrogens with zero attached hydrogens (tertiary/aromatic N) is 1. The molecule has 0 aliphatic carbocycles. The highest BCUT2D eigenvalue weighted by molar-refractivity contribution is 6.18. The van der Waals surface area contributed by atoms with Crippen molar-refractivity contribution < 1.29 is 14.0 Å². The van der Waals surface area contributed by atoms with Crippen molar-refractivity contribution in [2.45, 2.75) is 39.0 Å². The fourth-order valence-electron chi connectivity index (χ4n) is 1.20. The molecule has 1 aromatic heterocycles. The van der Waals surface area contributed by atoms with Crippen LogP contribution in [0.3, 0.4) is 0 Å². The summed E-state index contributed by atoms with van der Waals surface area (Å²) in [6.45, 7) is 6.22. The molecule has 86 valence electrons. The van der Waals surface area contributed by atoms with E-state index in [1.54, 1.807) is 0 Å². The van der Waals surface area contributed by atoms with Crippen molar-refractivity contribution in [3.63, 3.8) is 0 Å². The minimum atomic E-state index is -0.745. The van der Waals surface area contributed by atoms with E-state index in [-0.39, 0.29) is 6.10 Å². The maximum absolute atomic E-state index is 5.80. The summed E-state index contributed by atoms with van der Waals surface area (Å²) in [5, 5.41) is 3.80. The first kappa shape index (κ1) is 12.5. The van der Waals surface area contributed by atoms with Gasteiger partial charge in [-0.1, -0.05) is 23.7 Å². The van der Waals surface area contributed by atoms with Crippen molar-refractivity contribution in [1.82, 2.24) is 5.16 Å². The largest absolute Gasteiger partial charge is 0.358 e. The molecule has 0 spiro atoms. The summed E-state index contributed by atoms with van der Waals surface area (Å²) in [6, 6.07) is 1.84. The number of rotatable bonds is 6. The molecule has 0 N–H and O–H groups in total. The summed E-state index contributed by atoms with van der Waals surface area (Å²) in [5.74, 6) is -0.0642. The maximum atomic E-state index is 5.80. The predicted molar refractivity (Wildman–Crippen MR) is 56.6 cm³/mol. The van der Waals surface area contributed by atoms with Gasteiger partial charge in [0.2, 0.25) is 5.75 Å². The molecule has 15 heavy (non-hydrogen) atoms. The van der Waals surface area contributed by atoms with Gasteiger partial charge in [-0.05, 0) is 20.3 Å². The van der Waals surface area contributed by atoms with Crippen molar-refractivity contribution in [3.8, 4) is 0 Å². The minimum Gasteiger partial charge on any atom is -0.358 e. The van der Waals surface area contributed by atoms with Gasteiger partial charge in [0, 0.05) is 12.7 Å². The quantitative estimate of drug-likeness (QED) is 0.560. The van der Waals surface area contributed by atoms with Crippen LogP contribution in [0.5, 0.6) is 0 Å². The van der Waals surface area contributed by atoms with Gasteiger partial charge in [0.1, 0.15) is 6.10 Å². The summed E-state index contributed by atoms with van der Waals surface area (Å²) >= 11 is 5.80. The van der Waals surface area contributed by atoms with E-state index < -0.39 is 5.75 Å². The third-order valence-electron chi connectivity index (χ3n) is 1.90. The molecule has 0 saturated heterocycles. The van der Waals surface area contributed by atoms with E-state index in [1.165, 1.54) is 0 Å². The SMILES string of the molecule is CCOC(Cl)OC(CC)c1cc(C)no1. The number of hydrogen-bond acceptors (Lipinski definition) is 4. The summed E-state index contributed by atoms with van der Waals surface area (Å²) in [5.41, 5.74) is 0.828. The number of aromatic nitrogens is 1. The molecule has 0 saturated carbocycles. The van der Waals surface area contributed by atoms with Crippen LogP contribution < -0.4 is 0 Å². The van der Waals surface area contributed by atoms with Crippen LogP contribution in [-0.2, 0) is 9.47 Å². The Hall–Kier alpha value is -0.580. The third-order valence-corrected chi connectivity index (χ3v) is 2.13. The highest BCUT2D eigenvalue weighted by Gasteiger charge is 2.19. The van der Waals surface area contributed by atoms with Crippen molar-refractivity contribution in [2.24, 2.45) is 0 Å². The standard InChI is InChI=1S/C10H16ClNO3/c1-4-8(14-10(11)13-5-2)9-6-7(3)12-15-9/h6,8,10H,4-5H2,1-3H3. The first-order chi connectivity index (χ1) is 7.17. The molecule has 0 amide bonds. The monoisotopic (exact) mass is 233 g/mol. The smallest absolute Gasteiger partial charge is 0.237 e. The van der Waals surface area contributed by atoms with E-state index in [2.05, 4.69) is 5.16 Å². The zero-order chi connectivity index (χ0) is 11.3. The fourth-order valence-corrected chi connectivity index (χ4v) is 1.45. The summed E-state index contributed by atoms with van der Waals surface area (Å²) in [7, 11) is 0. The molecule has 0 bridgehead atoms. The van der Waals surface area contributed by atoms with Crippen LogP contribution >= 0.6 is 11.6 Å². The van der Waals surface area contributed by atoms with Gasteiger partial charge in [0.05, 0.1) is 5.69 Å². The average Bonchev–Trinajstić information content (AvgIpc) is 2.61. The summed E-state index contributed by atoms with van der Waals surface area (Å²) < 4.78 is 15.6. The van der Waals surface area contributed by atoms with Crippen molar-refractivity contribution >= 4 is 11.6 Å². The molecule has 2 unspecified atom stereocenters. The first-order valence-electron chi connectivity index (χ1n) is 5.01. The Morgan fingerprint density at radius 1 is 1.53 bits per heavy atom. The molecule has 1 heterocycles. The van der Waals surface area contributed by atoms with E-state index in [0.717, 1.165) is 12.1 Å². The minimum absolute atomic E-state index is 0.208. The van der Waals surface area contributed by atoms with Gasteiger partial charge in [0.25, 0.3) is 0 Å². The van der Waals surface area contributed by atoms with Gasteiger partial charge < -0.3 is 14.0 Å². The molecule has 1 rings (SSSR count). The van der Waals surface area contributed by atoms with Gasteiger partial charge in [-0.3, -0.25) is 0 Å². The van der Waals surface area contributed by atoms with E-state index in [0.29, 0.717) is 12.4 Å². The van der Waals surface area contributed by atoms with Gasteiger partial charge in [-0.15, -0.1) is 0 Å². The predicted octanol–water partition coefficient (Wildman–Crippen LogP) is 3.01. The molecule has 0 radical (unpaired) electrons. The van der Waals surface area contributed by atoms with Crippen LogP contribution in [0.15, 0.2) is 10.6 Å². The molecule has 0 aliphatic heterocycles. The highest BCUT2D eigenvalue weighted by atomic mass is 35.5. The van der Waals surface area contributed by atoms with E-state index in [1.807, 2.05) is 26.8 Å². The molecular weight excluding hydrogens is 218 g/mol. The molecule has 1 aromatic rings. The molecule has 0 aromatic carbocycles. The second kappa shape index (κ2) is 6.10. The van der Waals surface area contributed by atoms with Crippen LogP contribution in [0, 0.1) is 6.92 Å². The van der Waals surface area contributed by atoms with E-state index in [9.17, 15) is 0 Å². The van der Waals surface area contributed by atoms with Gasteiger partial charge in [-0.25, -0.2) is 0 Å². The second-order valence-corrected chi connectivity index (χ2v) is 3.49. The molecular formula is C10H16ClNO3. The Labute approximate surface area is 94.5 Å². The first-order valence-corrected chi connectivity index (χ1v) is 5.45. The van der Waals surface area contributed by atoms with Gasteiger partial charge >= 0.3 is 0 Å². The fraction of sp³-hybridized carbons (Fsp3) is 0.700. The number of alkyl halides is 1. The highest BCUT2D eigenvalue weighted by Crippen LogP contribution is 2.24. The number of halogens is 1. The third kappa shape index (κ3) is 3.81. The zero-order valence-electron chi connectivity index (χ0n) is 9.20. The van der Waals surface area contributed by atoms with Crippen molar-refractivity contribution in [1.29, 1.82) is 0 Å². The zero-order valence-corrected chi connectivity index (χ0v) is 9.95. The van der Waals surface area contributed by atoms with Crippen LogP contribution in [-0.4, -0.2) is 17.5 Å². The second-order valence-electron chi connectivity index (χ2n) is 3.13. The van der Waals surface area contributed by atoms with E-state index in [4.69, 9.17) is 25.6 Å². The Balaban J connectivity index is 2.56. The number of aryl methyl sites for hydroxylation is 1. The molecule has 5 heteroatoms. The van der Waals surface area contributed by atoms with Crippen molar-refractivity contribution in [2.75, 3.05) is 6.61 Å². The van der Waals surface area contributed by atoms with Crippen LogP contribution in [0.4, 0.5) is 0 Å². The average molecular weight is 234 g/mol. The van der Waals surface area contributed by atoms with Crippen molar-refractivity contribution in [3.05, 3.63) is 17.5 Å². The Bertz CT molecular complexity index is 290. The normalized spacial score (nSPS) is 15.2. The lowest BCUT2D eigenvalue weighted by molar-refractivity contribution is -0.126. The summed E-state index contributed by atoms with van der Waals surface area (Å²) in [4.78, 5) is 0. The lowest BCUT2D eigenvalue weighted by Crippen LogP contribution is -2.14. The topological polar surface area (TPSA) is 44.5 Å². The Kier molecular flexibility index (Phi) is 5.08. The van der Waals surface area contributed by atoms with E-state index >= 15 is 0 Å². The Morgan fingerprint density at radius 2 is 2.27 bits per heavy atom. The van der Waals surface area contributed by atoms with Crippen LogP contribution in [0.2, 0.25) is 0 Å². The van der Waals surface area contributed by atoms with Crippen LogP contribution in [0.1, 0.15) is 37.8 Å². The molecule has 4 nitrogen and oxygen atoms in total. The summed E-state index contributed by atoms with van der Waals surface area (Å²) in [6.07, 6.45) is 0.547. The lowest BCUT2D eigenvalue weighted by atomic mass is 10.2. The van der Waals surface area contributed by atoms with Gasteiger partial charge in [0.15, 0.2) is 5.76 Å². The molecule has 0 aliphatic rings. The maximum Gasteiger partial charge on any atom is 0.237 e.